The van der Waals surface area contributed by atoms with Crippen molar-refractivity contribution in [1.82, 2.24) is 4.90 Å². The van der Waals surface area contributed by atoms with E-state index in [2.05, 4.69) is 0 Å². The minimum Gasteiger partial charge on any atom is -0.481 e. The van der Waals surface area contributed by atoms with Crippen LogP contribution < -0.4 is 0 Å². The number of hydrogen-bond donors (Lipinski definition) is 1. The van der Waals surface area contributed by atoms with Crippen molar-refractivity contribution in [2.45, 2.75) is 26.2 Å². The van der Waals surface area contributed by atoms with Crippen molar-refractivity contribution in [1.29, 1.82) is 0 Å². The summed E-state index contributed by atoms with van der Waals surface area (Å²) in [6.07, 6.45) is 2.23. The summed E-state index contributed by atoms with van der Waals surface area (Å²) in [6.45, 7) is 2.89. The Morgan fingerprint density at radius 1 is 1.33 bits per heavy atom. The number of aryl methyl sites for hydroxylation is 1. The Labute approximate surface area is 122 Å². The smallest absolute Gasteiger partial charge is 0.307 e. The first kappa shape index (κ1) is 14.0. The molecule has 1 aliphatic carbocycles. The number of halogens is 1. The summed E-state index contributed by atoms with van der Waals surface area (Å²) in [5, 5.41) is 9.07. The number of carboxylic acid groups (broad SMARTS) is 1. The molecule has 0 radical (unpaired) electrons. The fraction of sp³-hybridized carbons (Fsp3) is 0.500. The van der Waals surface area contributed by atoms with Crippen LogP contribution in [0.4, 0.5) is 4.39 Å². The lowest BCUT2D eigenvalue weighted by atomic mass is 9.90. The van der Waals surface area contributed by atoms with Crippen molar-refractivity contribution >= 4 is 11.9 Å². The van der Waals surface area contributed by atoms with Crippen molar-refractivity contribution in [2.75, 3.05) is 13.1 Å². The minimum absolute atomic E-state index is 0.0829. The molecule has 0 unspecified atom stereocenters. The minimum atomic E-state index is -0.718. The maximum absolute atomic E-state index is 13.1. The third-order valence-electron chi connectivity index (χ3n) is 4.95. The summed E-state index contributed by atoms with van der Waals surface area (Å²) >= 11 is 0. The zero-order valence-electron chi connectivity index (χ0n) is 11.9. The molecule has 2 aliphatic rings. The highest BCUT2D eigenvalue weighted by Gasteiger charge is 2.59. The van der Waals surface area contributed by atoms with Gasteiger partial charge in [-0.3, -0.25) is 9.59 Å². The molecule has 2 fully saturated rings. The van der Waals surface area contributed by atoms with Crippen LogP contribution in [0.5, 0.6) is 0 Å². The third kappa shape index (κ3) is 2.41. The molecule has 0 bridgehead atoms. The highest BCUT2D eigenvalue weighted by molar-refractivity contribution is 5.95. The van der Waals surface area contributed by atoms with Gasteiger partial charge >= 0.3 is 5.97 Å². The zero-order valence-corrected chi connectivity index (χ0v) is 11.9. The Kier molecular flexibility index (Phi) is 3.23. The predicted molar refractivity (Wildman–Crippen MR) is 74.5 cm³/mol. The van der Waals surface area contributed by atoms with E-state index in [0.29, 0.717) is 24.2 Å². The first-order valence-electron chi connectivity index (χ1n) is 7.21. The van der Waals surface area contributed by atoms with Crippen LogP contribution in [0.15, 0.2) is 18.2 Å². The Morgan fingerprint density at radius 3 is 2.52 bits per heavy atom. The Hall–Kier alpha value is -1.91. The molecule has 3 rings (SSSR count). The van der Waals surface area contributed by atoms with Crippen LogP contribution in [0.3, 0.4) is 0 Å². The molecule has 0 aromatic heterocycles. The monoisotopic (exact) mass is 291 g/mol. The van der Waals surface area contributed by atoms with E-state index in [1.54, 1.807) is 11.8 Å². The van der Waals surface area contributed by atoms with Gasteiger partial charge in [-0.1, -0.05) is 0 Å². The van der Waals surface area contributed by atoms with Gasteiger partial charge in [0.15, 0.2) is 0 Å². The molecule has 1 heterocycles. The van der Waals surface area contributed by atoms with Crippen LogP contribution in [-0.4, -0.2) is 35.0 Å². The van der Waals surface area contributed by atoms with E-state index in [1.165, 1.54) is 18.2 Å². The van der Waals surface area contributed by atoms with Gasteiger partial charge in [-0.2, -0.15) is 0 Å². The summed E-state index contributed by atoms with van der Waals surface area (Å²) in [5.74, 6) is -1.38. The van der Waals surface area contributed by atoms with E-state index in [0.717, 1.165) is 19.3 Å². The lowest BCUT2D eigenvalue weighted by Gasteiger charge is -2.33. The van der Waals surface area contributed by atoms with Crippen molar-refractivity contribution < 1.29 is 19.1 Å². The van der Waals surface area contributed by atoms with Gasteiger partial charge in [0.1, 0.15) is 5.82 Å². The quantitative estimate of drug-likeness (QED) is 0.910. The van der Waals surface area contributed by atoms with Gasteiger partial charge in [-0.25, -0.2) is 4.39 Å². The lowest BCUT2D eigenvalue weighted by Crippen LogP contribution is -2.40. The number of nitrogens with zero attached hydrogens (tertiary/aromatic N) is 1. The molecule has 1 amide bonds. The van der Waals surface area contributed by atoms with Gasteiger partial charge in [-0.15, -0.1) is 0 Å². The van der Waals surface area contributed by atoms with Gasteiger partial charge in [0, 0.05) is 18.7 Å². The second-order valence-electron chi connectivity index (χ2n) is 6.21. The molecule has 4 nitrogen and oxygen atoms in total. The Balaban J connectivity index is 1.67. The zero-order chi connectivity index (χ0) is 15.2. The topological polar surface area (TPSA) is 57.6 Å². The standard InChI is InChI=1S/C16H18FNO3/c1-10-8-11(17)2-3-12(10)14(19)18-6-4-16(5-7-18)9-13(16)15(20)21/h2-3,8,13H,4-7,9H2,1H3,(H,20,21)/t13-/m0/s1. The maximum Gasteiger partial charge on any atom is 0.307 e. The summed E-state index contributed by atoms with van der Waals surface area (Å²) in [6, 6.07) is 4.18. The van der Waals surface area contributed by atoms with Gasteiger partial charge in [0.25, 0.3) is 5.91 Å². The fourth-order valence-corrected chi connectivity index (χ4v) is 3.44. The van der Waals surface area contributed by atoms with Gasteiger partial charge < -0.3 is 10.0 Å². The highest BCUT2D eigenvalue weighted by atomic mass is 19.1. The molecular weight excluding hydrogens is 273 g/mol. The highest BCUT2D eigenvalue weighted by Crippen LogP contribution is 2.59. The lowest BCUT2D eigenvalue weighted by molar-refractivity contribution is -0.139. The van der Waals surface area contributed by atoms with Crippen LogP contribution in [-0.2, 0) is 4.79 Å². The molecule has 1 aromatic rings. The SMILES string of the molecule is Cc1cc(F)ccc1C(=O)N1CCC2(CC1)C[C@H]2C(=O)O. The molecule has 21 heavy (non-hydrogen) atoms. The van der Waals surface area contributed by atoms with Crippen molar-refractivity contribution in [3.8, 4) is 0 Å². The number of carbonyl (C=O) groups is 2. The Morgan fingerprint density at radius 2 is 2.00 bits per heavy atom. The van der Waals surface area contributed by atoms with Gasteiger partial charge in [0.05, 0.1) is 5.92 Å². The van der Waals surface area contributed by atoms with E-state index in [4.69, 9.17) is 5.11 Å². The molecule has 112 valence electrons. The molecule has 1 N–H and O–H groups in total. The second kappa shape index (κ2) is 4.83. The number of benzene rings is 1. The van der Waals surface area contributed by atoms with E-state index >= 15 is 0 Å². The first-order chi connectivity index (χ1) is 9.93. The molecule has 1 aliphatic heterocycles. The molecule has 1 saturated heterocycles. The van der Waals surface area contributed by atoms with E-state index in [9.17, 15) is 14.0 Å². The van der Waals surface area contributed by atoms with Crippen LogP contribution in [0.25, 0.3) is 0 Å². The van der Waals surface area contributed by atoms with Crippen molar-refractivity contribution in [2.24, 2.45) is 11.3 Å². The Bertz CT molecular complexity index is 606. The summed E-state index contributed by atoms with van der Waals surface area (Å²) in [7, 11) is 0. The summed E-state index contributed by atoms with van der Waals surface area (Å²) in [4.78, 5) is 25.3. The van der Waals surface area contributed by atoms with Crippen LogP contribution in [0.2, 0.25) is 0 Å². The number of amides is 1. The molecule has 1 spiro atoms. The number of rotatable bonds is 2. The van der Waals surface area contributed by atoms with Gasteiger partial charge in [-0.05, 0) is 55.4 Å². The second-order valence-corrected chi connectivity index (χ2v) is 6.21. The summed E-state index contributed by atoms with van der Waals surface area (Å²) in [5.41, 5.74) is 1.08. The number of hydrogen-bond acceptors (Lipinski definition) is 2. The van der Waals surface area contributed by atoms with E-state index < -0.39 is 5.97 Å². The third-order valence-corrected chi connectivity index (χ3v) is 4.95. The molecule has 5 heteroatoms. The number of aliphatic carboxylic acids is 1. The largest absolute Gasteiger partial charge is 0.481 e. The predicted octanol–water partition coefficient (Wildman–Crippen LogP) is 2.46. The first-order valence-corrected chi connectivity index (χ1v) is 7.21. The van der Waals surface area contributed by atoms with Gasteiger partial charge in [0.2, 0.25) is 0 Å². The molecular formula is C16H18FNO3. The van der Waals surface area contributed by atoms with Crippen LogP contribution >= 0.6 is 0 Å². The normalized spacial score (nSPS) is 23.1. The molecule has 1 aromatic carbocycles. The van der Waals surface area contributed by atoms with Crippen molar-refractivity contribution in [3.63, 3.8) is 0 Å². The van der Waals surface area contributed by atoms with Crippen LogP contribution in [0, 0.1) is 24.1 Å². The molecule has 1 saturated carbocycles. The number of likely N-dealkylation sites (tertiary alicyclic amines) is 1. The number of carboxylic acids is 1. The summed E-state index contributed by atoms with van der Waals surface area (Å²) < 4.78 is 13.1. The number of piperidine rings is 1. The maximum atomic E-state index is 13.1. The average Bonchev–Trinajstić information content (AvgIpc) is 3.13. The molecule has 1 atom stereocenters. The van der Waals surface area contributed by atoms with Crippen molar-refractivity contribution in [3.05, 3.63) is 35.1 Å². The average molecular weight is 291 g/mol. The van der Waals surface area contributed by atoms with Crippen LogP contribution in [0.1, 0.15) is 35.2 Å². The van der Waals surface area contributed by atoms with E-state index in [-0.39, 0.29) is 23.1 Å². The number of carbonyl (C=O) groups excluding carboxylic acids is 1. The fourth-order valence-electron chi connectivity index (χ4n) is 3.44. The van der Waals surface area contributed by atoms with E-state index in [1.807, 2.05) is 0 Å².